The highest BCUT2D eigenvalue weighted by molar-refractivity contribution is 7.18. The van der Waals surface area contributed by atoms with Gasteiger partial charge < -0.3 is 4.90 Å². The number of likely N-dealkylation sites (tertiary alicyclic amines) is 1. The van der Waals surface area contributed by atoms with Crippen molar-refractivity contribution in [3.8, 4) is 0 Å². The van der Waals surface area contributed by atoms with Crippen LogP contribution < -0.4 is 0 Å². The third-order valence-electron chi connectivity index (χ3n) is 6.46. The number of piperidine rings is 1. The molecule has 0 bridgehead atoms. The van der Waals surface area contributed by atoms with Crippen molar-refractivity contribution in [3.05, 3.63) is 29.3 Å². The van der Waals surface area contributed by atoms with Crippen LogP contribution in [-0.2, 0) is 11.3 Å². The van der Waals surface area contributed by atoms with Gasteiger partial charge in [-0.2, -0.15) is 0 Å². The van der Waals surface area contributed by atoms with Gasteiger partial charge in [0.05, 0.1) is 22.8 Å². The molecule has 4 rings (SSSR count). The van der Waals surface area contributed by atoms with Crippen LogP contribution in [0.3, 0.4) is 0 Å². The Kier molecular flexibility index (Phi) is 5.99. The summed E-state index contributed by atoms with van der Waals surface area (Å²) in [6.45, 7) is 11.3. The number of rotatable bonds is 4. The van der Waals surface area contributed by atoms with Crippen LogP contribution in [0.15, 0.2) is 24.3 Å². The van der Waals surface area contributed by atoms with E-state index in [1.165, 1.54) is 16.1 Å². The minimum Gasteiger partial charge on any atom is -0.336 e. The maximum Gasteiger partial charge on any atom is 0.240 e. The van der Waals surface area contributed by atoms with E-state index in [9.17, 15) is 4.79 Å². The Bertz CT molecular complexity index is 771. The summed E-state index contributed by atoms with van der Waals surface area (Å²) < 4.78 is 1.26. The Morgan fingerprint density at radius 3 is 2.50 bits per heavy atom. The Morgan fingerprint density at radius 1 is 1.14 bits per heavy atom. The predicted molar refractivity (Wildman–Crippen MR) is 116 cm³/mol. The molecule has 2 aromatic rings. The predicted octanol–water partition coefficient (Wildman–Crippen LogP) is 3.59. The van der Waals surface area contributed by atoms with Crippen molar-refractivity contribution < 1.29 is 4.79 Å². The number of aromatic nitrogens is 1. The second kappa shape index (κ2) is 8.47. The van der Waals surface area contributed by atoms with Gasteiger partial charge in [0.1, 0.15) is 5.01 Å². The zero-order valence-corrected chi connectivity index (χ0v) is 18.1. The van der Waals surface area contributed by atoms with Gasteiger partial charge in [-0.05, 0) is 52.2 Å². The zero-order chi connectivity index (χ0) is 19.7. The average Bonchev–Trinajstić information content (AvgIpc) is 3.10. The molecule has 0 aliphatic carbocycles. The lowest BCUT2D eigenvalue weighted by molar-refractivity contribution is -0.143. The van der Waals surface area contributed by atoms with Crippen LogP contribution >= 0.6 is 11.3 Å². The maximum absolute atomic E-state index is 13.2. The van der Waals surface area contributed by atoms with Crippen LogP contribution in [0.4, 0.5) is 0 Å². The molecule has 152 valence electrons. The van der Waals surface area contributed by atoms with Crippen molar-refractivity contribution in [1.29, 1.82) is 0 Å². The molecule has 3 heterocycles. The summed E-state index contributed by atoms with van der Waals surface area (Å²) in [7, 11) is 0. The average molecular weight is 401 g/mol. The third-order valence-corrected chi connectivity index (χ3v) is 7.48. The molecular formula is C22H32N4OS. The molecular weight excluding hydrogens is 368 g/mol. The molecule has 28 heavy (non-hydrogen) atoms. The Labute approximate surface area is 172 Å². The molecule has 1 aromatic heterocycles. The van der Waals surface area contributed by atoms with Crippen molar-refractivity contribution >= 4 is 27.5 Å². The van der Waals surface area contributed by atoms with Crippen molar-refractivity contribution in [2.45, 2.75) is 64.7 Å². The minimum absolute atomic E-state index is 0.0207. The zero-order valence-electron chi connectivity index (χ0n) is 17.3. The lowest BCUT2D eigenvalue weighted by Crippen LogP contribution is -2.58. The van der Waals surface area contributed by atoms with E-state index in [0.717, 1.165) is 51.1 Å². The number of hydrogen-bond donors (Lipinski definition) is 0. The van der Waals surface area contributed by atoms with Gasteiger partial charge in [-0.1, -0.05) is 12.1 Å². The number of fused-ring (bicyclic) bond motifs is 1. The van der Waals surface area contributed by atoms with E-state index in [0.29, 0.717) is 18.0 Å². The number of thiazole rings is 1. The number of carbonyl (C=O) groups excluding carboxylic acids is 1. The topological polar surface area (TPSA) is 39.7 Å². The lowest BCUT2D eigenvalue weighted by atomic mass is 9.96. The minimum atomic E-state index is -0.0207. The van der Waals surface area contributed by atoms with Crippen LogP contribution in [0.1, 0.15) is 45.0 Å². The van der Waals surface area contributed by atoms with Crippen molar-refractivity contribution in [1.82, 2.24) is 19.7 Å². The number of amides is 1. The Balaban J connectivity index is 1.32. The van der Waals surface area contributed by atoms with Gasteiger partial charge in [-0.3, -0.25) is 14.6 Å². The van der Waals surface area contributed by atoms with E-state index in [4.69, 9.17) is 4.98 Å². The summed E-state index contributed by atoms with van der Waals surface area (Å²) in [5.74, 6) is 0.319. The summed E-state index contributed by atoms with van der Waals surface area (Å²) in [5, 5.41) is 1.19. The molecule has 2 saturated heterocycles. The van der Waals surface area contributed by atoms with Crippen LogP contribution in [0.25, 0.3) is 10.2 Å². The summed E-state index contributed by atoms with van der Waals surface area (Å²) in [4.78, 5) is 24.9. The molecule has 0 saturated carbocycles. The number of nitrogens with zero attached hydrogens (tertiary/aromatic N) is 4. The van der Waals surface area contributed by atoms with Crippen molar-refractivity contribution in [2.75, 3.05) is 26.2 Å². The molecule has 5 nitrogen and oxygen atoms in total. The van der Waals surface area contributed by atoms with Gasteiger partial charge >= 0.3 is 0 Å². The summed E-state index contributed by atoms with van der Waals surface area (Å²) in [6, 6.07) is 9.08. The fourth-order valence-corrected chi connectivity index (χ4v) is 5.73. The SMILES string of the molecule is C[C@H](C(=O)N1[C@@H](C)CCC[C@@H]1C)N1CCN(Cc2nc3ccccc3s2)CC1. The second-order valence-electron chi connectivity index (χ2n) is 8.44. The molecule has 1 amide bonds. The summed E-state index contributed by atoms with van der Waals surface area (Å²) >= 11 is 1.79. The maximum atomic E-state index is 13.2. The van der Waals surface area contributed by atoms with Crippen molar-refractivity contribution in [3.63, 3.8) is 0 Å². The van der Waals surface area contributed by atoms with Crippen LogP contribution in [0.2, 0.25) is 0 Å². The molecule has 0 N–H and O–H groups in total. The smallest absolute Gasteiger partial charge is 0.240 e. The third kappa shape index (κ3) is 4.09. The quantitative estimate of drug-likeness (QED) is 0.786. The first-order chi connectivity index (χ1) is 13.5. The first kappa shape index (κ1) is 19.8. The van der Waals surface area contributed by atoms with Gasteiger partial charge in [0.15, 0.2) is 0 Å². The molecule has 2 aliphatic heterocycles. The molecule has 0 spiro atoms. The van der Waals surface area contributed by atoms with E-state index < -0.39 is 0 Å². The summed E-state index contributed by atoms with van der Waals surface area (Å²) in [5.41, 5.74) is 1.10. The molecule has 2 fully saturated rings. The Hall–Kier alpha value is -1.50. The molecule has 0 unspecified atom stereocenters. The van der Waals surface area contributed by atoms with Gasteiger partial charge in [-0.25, -0.2) is 4.98 Å². The van der Waals surface area contributed by atoms with Gasteiger partial charge in [0, 0.05) is 38.3 Å². The highest BCUT2D eigenvalue weighted by Gasteiger charge is 2.34. The van der Waals surface area contributed by atoms with E-state index in [-0.39, 0.29) is 6.04 Å². The fraction of sp³-hybridized carbons (Fsp3) is 0.636. The van der Waals surface area contributed by atoms with Gasteiger partial charge in [0.2, 0.25) is 5.91 Å². The largest absolute Gasteiger partial charge is 0.336 e. The number of para-hydroxylation sites is 1. The van der Waals surface area contributed by atoms with E-state index in [1.54, 1.807) is 11.3 Å². The van der Waals surface area contributed by atoms with Crippen molar-refractivity contribution in [2.24, 2.45) is 0 Å². The number of hydrogen-bond acceptors (Lipinski definition) is 5. The molecule has 3 atom stereocenters. The fourth-order valence-electron chi connectivity index (χ4n) is 4.72. The number of benzene rings is 1. The Morgan fingerprint density at radius 2 is 1.82 bits per heavy atom. The molecule has 6 heteroatoms. The van der Waals surface area contributed by atoms with E-state index >= 15 is 0 Å². The first-order valence-corrected chi connectivity index (χ1v) is 11.5. The second-order valence-corrected chi connectivity index (χ2v) is 9.55. The van der Waals surface area contributed by atoms with Crippen LogP contribution in [-0.4, -0.2) is 69.9 Å². The first-order valence-electron chi connectivity index (χ1n) is 10.7. The van der Waals surface area contributed by atoms with Crippen LogP contribution in [0, 0.1) is 0 Å². The molecule has 0 radical (unpaired) electrons. The number of piperazine rings is 1. The molecule has 2 aliphatic rings. The highest BCUT2D eigenvalue weighted by atomic mass is 32.1. The highest BCUT2D eigenvalue weighted by Crippen LogP contribution is 2.25. The molecule has 1 aromatic carbocycles. The summed E-state index contributed by atoms with van der Waals surface area (Å²) in [6.07, 6.45) is 3.52. The van der Waals surface area contributed by atoms with Gasteiger partial charge in [0.25, 0.3) is 0 Å². The monoisotopic (exact) mass is 400 g/mol. The van der Waals surface area contributed by atoms with E-state index in [2.05, 4.69) is 53.7 Å². The van der Waals surface area contributed by atoms with Crippen LogP contribution in [0.5, 0.6) is 0 Å². The van der Waals surface area contributed by atoms with Gasteiger partial charge in [-0.15, -0.1) is 11.3 Å². The van der Waals surface area contributed by atoms with E-state index in [1.807, 2.05) is 6.07 Å². The standard InChI is InChI=1S/C22H32N4OS/c1-16-7-6-8-17(2)26(16)22(27)18(3)25-13-11-24(12-14-25)15-21-23-19-9-4-5-10-20(19)28-21/h4-5,9-10,16-18H,6-8,11-15H2,1-3H3/t16-,17-,18+/m0/s1. The normalized spacial score (nSPS) is 25.9. The lowest BCUT2D eigenvalue weighted by Gasteiger charge is -2.44. The number of carbonyl (C=O) groups is 1.